The Bertz CT molecular complexity index is 3840. The maximum absolute atomic E-state index is 15.4. The summed E-state index contributed by atoms with van der Waals surface area (Å²) >= 11 is 7.60. The van der Waals surface area contributed by atoms with Gasteiger partial charge in [-0.25, -0.2) is 17.6 Å². The molecule has 29 heteroatoms. The number of aromatic hydroxyl groups is 1. The number of carbonyl (C=O) groups excluding carboxylic acids is 6. The van der Waals surface area contributed by atoms with Gasteiger partial charge in [-0.15, -0.1) is 45.3 Å². The first-order valence-electron chi connectivity index (χ1n) is 27.1. The number of alkyl halides is 1. The molecule has 0 aliphatic heterocycles. The second-order valence-electron chi connectivity index (χ2n) is 18.8. The Morgan fingerprint density at radius 3 is 1.06 bits per heavy atom. The molecule has 482 valence electrons. The Morgan fingerprint density at radius 2 is 0.744 bits per heavy atom. The largest absolute Gasteiger partial charge is 0.502 e. The van der Waals surface area contributed by atoms with Crippen LogP contribution in [0.5, 0.6) is 46.0 Å². The molecular weight excluding hydrogens is 1340 g/mol. The number of carboxylic acids is 2. The summed E-state index contributed by atoms with van der Waals surface area (Å²) in [6.07, 6.45) is -0.156. The standard InChI is InChI=1S/C29H26F2O10S2.C18H20BrFO5S.C14H13FO5S/c1-38-18-12-20-14(10-22(42-20)16(32)4-6-24(34)35)26(30)28(18)40-8-3-9-41-29-19(39-2)13-21-15(27(29)31)11-23(43-21)17(33)5-7-25(36)37;1-3-24-16(22)6-5-12(21)15-9-11-14(26-15)10-13(23-2)18(17(11)20)25-8-4-7-19;1-19-9-6-10-7(13(15)14(9)18)5-11(21-10)8(16)3-4-12(17)20-2/h10-13H,3-9H2,1-2H3,(H,34,35)(H,36,37);9-10H,3-8H2,1-2H3;5-6,18H,3-4H2,1-2H3. The molecule has 3 N–H and O–H groups in total. The molecule has 20 nitrogen and oxygen atoms in total. The molecule has 0 amide bonds. The van der Waals surface area contributed by atoms with E-state index in [1.807, 2.05) is 0 Å². The Hall–Kier alpha value is -8.12. The maximum atomic E-state index is 15.4. The molecule has 0 spiro atoms. The number of carbonyl (C=O) groups is 8. The number of phenolic OH excluding ortho intramolecular Hbond substituents is 1. The number of aliphatic carboxylic acids is 2. The lowest BCUT2D eigenvalue weighted by molar-refractivity contribution is -0.143. The summed E-state index contributed by atoms with van der Waals surface area (Å²) in [7, 11) is 6.68. The molecule has 90 heavy (non-hydrogen) atoms. The van der Waals surface area contributed by atoms with Crippen LogP contribution in [0.15, 0.2) is 48.5 Å². The number of phenols is 1. The lowest BCUT2D eigenvalue weighted by Gasteiger charge is -2.14. The van der Waals surface area contributed by atoms with Crippen LogP contribution in [0.2, 0.25) is 0 Å². The van der Waals surface area contributed by atoms with E-state index in [1.54, 1.807) is 13.0 Å². The molecule has 0 aliphatic rings. The smallest absolute Gasteiger partial charge is 0.306 e. The van der Waals surface area contributed by atoms with Gasteiger partial charge >= 0.3 is 23.9 Å². The minimum atomic E-state index is -1.11. The van der Waals surface area contributed by atoms with E-state index in [1.165, 1.54) is 89.4 Å². The SMILES string of the molecule is CCOC(=O)CCC(=O)c1cc2c(F)c(OCCCBr)c(OC)cc2s1.COC(=O)CCC(=O)c1cc2c(F)c(O)c(OC)cc2s1.COc1cc2sc(C(=O)CCC(=O)O)cc2c(F)c1OCCCOc1c(OC)cc2sc(C(=O)CCC(=O)O)cc2c1F. The lowest BCUT2D eigenvalue weighted by Crippen LogP contribution is -2.08. The van der Waals surface area contributed by atoms with Gasteiger partial charge in [-0.1, -0.05) is 15.9 Å². The first-order valence-corrected chi connectivity index (χ1v) is 31.5. The highest BCUT2D eigenvalue weighted by atomic mass is 79.9. The normalized spacial score (nSPS) is 10.9. The predicted octanol–water partition coefficient (Wildman–Crippen LogP) is 14.0. The van der Waals surface area contributed by atoms with Gasteiger partial charge in [0, 0.05) is 102 Å². The Morgan fingerprint density at radius 1 is 0.433 bits per heavy atom. The molecule has 4 heterocycles. The van der Waals surface area contributed by atoms with Gasteiger partial charge in [0.15, 0.2) is 92.4 Å². The number of ether oxygens (including phenoxy) is 9. The van der Waals surface area contributed by atoms with Crippen molar-refractivity contribution in [2.75, 3.05) is 67.3 Å². The number of ketones is 4. The summed E-state index contributed by atoms with van der Waals surface area (Å²) < 4.78 is 108. The monoisotopic (exact) mass is 1390 g/mol. The quantitative estimate of drug-likeness (QED) is 0.0120. The fourth-order valence-corrected chi connectivity index (χ4v) is 12.7. The number of hydrogen-bond donors (Lipinski definition) is 3. The van der Waals surface area contributed by atoms with Crippen LogP contribution in [0.1, 0.15) is 110 Å². The summed E-state index contributed by atoms with van der Waals surface area (Å²) in [6, 6.07) is 11.8. The molecule has 0 saturated heterocycles. The van der Waals surface area contributed by atoms with E-state index >= 15 is 8.78 Å². The third kappa shape index (κ3) is 18.1. The number of benzene rings is 4. The van der Waals surface area contributed by atoms with Crippen LogP contribution in [-0.2, 0) is 28.7 Å². The second-order valence-corrected chi connectivity index (χ2v) is 23.9. The maximum Gasteiger partial charge on any atom is 0.306 e. The highest BCUT2D eigenvalue weighted by molar-refractivity contribution is 9.09. The molecule has 8 rings (SSSR count). The van der Waals surface area contributed by atoms with Crippen LogP contribution in [0, 0.1) is 23.3 Å². The highest BCUT2D eigenvalue weighted by Gasteiger charge is 2.25. The molecule has 0 bridgehead atoms. The zero-order valence-corrected chi connectivity index (χ0v) is 53.9. The first-order chi connectivity index (χ1) is 43.0. The first kappa shape index (κ1) is 71.0. The Kier molecular flexibility index (Phi) is 26.5. The van der Waals surface area contributed by atoms with Crippen molar-refractivity contribution in [3.05, 3.63) is 91.3 Å². The number of carboxylic acid groups (broad SMARTS) is 2. The number of thiophene rings is 4. The van der Waals surface area contributed by atoms with Crippen LogP contribution in [0.4, 0.5) is 17.6 Å². The number of hydrogen-bond acceptors (Lipinski definition) is 22. The molecule has 0 aliphatic carbocycles. The molecule has 4 aromatic carbocycles. The molecule has 0 atom stereocenters. The second kappa shape index (κ2) is 33.6. The van der Waals surface area contributed by atoms with Crippen LogP contribution in [0.3, 0.4) is 0 Å². The van der Waals surface area contributed by atoms with E-state index in [9.17, 15) is 52.2 Å². The van der Waals surface area contributed by atoms with E-state index in [2.05, 4.69) is 20.7 Å². The molecule has 4 aromatic heterocycles. The van der Waals surface area contributed by atoms with Crippen molar-refractivity contribution in [3.63, 3.8) is 0 Å². The number of fused-ring (bicyclic) bond motifs is 4. The van der Waals surface area contributed by atoms with Crippen LogP contribution >= 0.6 is 61.3 Å². The van der Waals surface area contributed by atoms with Gasteiger partial charge in [0.25, 0.3) is 0 Å². The summed E-state index contributed by atoms with van der Waals surface area (Å²) in [5.41, 5.74) is 0. The number of rotatable bonds is 31. The molecule has 8 aromatic rings. The van der Waals surface area contributed by atoms with Crippen molar-refractivity contribution in [1.29, 1.82) is 0 Å². The van der Waals surface area contributed by atoms with E-state index < -0.39 is 64.5 Å². The molecular formula is C61H59BrF4O20S4. The third-order valence-electron chi connectivity index (χ3n) is 12.8. The fraction of sp³-hybridized carbons (Fsp3) is 0.344. The summed E-state index contributed by atoms with van der Waals surface area (Å²) in [5.74, 6) is -7.69. The van der Waals surface area contributed by atoms with Crippen molar-refractivity contribution in [3.8, 4) is 46.0 Å². The van der Waals surface area contributed by atoms with Crippen molar-refractivity contribution in [1.82, 2.24) is 0 Å². The molecule has 0 fully saturated rings. The van der Waals surface area contributed by atoms with E-state index in [0.717, 1.165) is 45.8 Å². The topological polar surface area (TPSA) is 280 Å². The minimum absolute atomic E-state index is 0.00757. The van der Waals surface area contributed by atoms with Crippen molar-refractivity contribution < 1.29 is 114 Å². The molecule has 0 radical (unpaired) electrons. The van der Waals surface area contributed by atoms with Crippen LogP contribution < -0.4 is 33.2 Å². The molecule has 0 saturated carbocycles. The van der Waals surface area contributed by atoms with Gasteiger partial charge in [-0.05, 0) is 37.6 Å². The van der Waals surface area contributed by atoms with Crippen LogP contribution in [0.25, 0.3) is 40.3 Å². The van der Waals surface area contributed by atoms with Crippen molar-refractivity contribution in [2.24, 2.45) is 0 Å². The zero-order valence-electron chi connectivity index (χ0n) is 49.0. The Labute approximate surface area is 535 Å². The summed E-state index contributed by atoms with van der Waals surface area (Å²) in [5, 5.41) is 28.7. The average molecular weight is 1400 g/mol. The summed E-state index contributed by atoms with van der Waals surface area (Å²) in [6.45, 7) is 2.25. The van der Waals surface area contributed by atoms with Gasteiger partial charge in [-0.2, -0.15) is 0 Å². The van der Waals surface area contributed by atoms with Crippen LogP contribution in [-0.4, -0.2) is 130 Å². The fourth-order valence-electron chi connectivity index (χ4n) is 8.30. The average Bonchev–Trinajstić information content (AvgIpc) is 1.70. The highest BCUT2D eigenvalue weighted by Crippen LogP contribution is 2.44. The van der Waals surface area contributed by atoms with E-state index in [4.69, 9.17) is 48.1 Å². The van der Waals surface area contributed by atoms with Crippen molar-refractivity contribution >= 4 is 149 Å². The van der Waals surface area contributed by atoms with E-state index in [-0.39, 0.29) is 155 Å². The van der Waals surface area contributed by atoms with E-state index in [0.29, 0.717) is 40.5 Å². The zero-order chi connectivity index (χ0) is 65.9. The lowest BCUT2D eigenvalue weighted by atomic mass is 10.1. The Balaban J connectivity index is 0.000000233. The van der Waals surface area contributed by atoms with Crippen molar-refractivity contribution in [2.45, 2.75) is 71.1 Å². The number of esters is 2. The van der Waals surface area contributed by atoms with Gasteiger partial charge in [0.05, 0.1) is 107 Å². The number of halogens is 5. The predicted molar refractivity (Wildman–Crippen MR) is 333 cm³/mol. The van der Waals surface area contributed by atoms with Gasteiger partial charge in [-0.3, -0.25) is 38.4 Å². The summed E-state index contributed by atoms with van der Waals surface area (Å²) in [4.78, 5) is 94.0. The third-order valence-corrected chi connectivity index (χ3v) is 17.9. The molecule has 0 unspecified atom stereocenters. The van der Waals surface area contributed by atoms with Gasteiger partial charge < -0.3 is 58.0 Å². The number of Topliss-reactive ketones (excluding diaryl/α,β-unsaturated/α-hetero) is 4. The minimum Gasteiger partial charge on any atom is -0.502 e. The van der Waals surface area contributed by atoms with Gasteiger partial charge in [0.1, 0.15) is 0 Å². The van der Waals surface area contributed by atoms with Gasteiger partial charge in [0.2, 0.25) is 0 Å². The number of methoxy groups -OCH3 is 5.